The normalized spacial score (nSPS) is 20.2. The molecule has 1 N–H and O–H groups in total. The quantitative estimate of drug-likeness (QED) is 0.920. The zero-order chi connectivity index (χ0) is 17.5. The van der Waals surface area contributed by atoms with Crippen LogP contribution in [0.4, 0.5) is 4.79 Å². The first kappa shape index (κ1) is 17.3. The predicted octanol–water partition coefficient (Wildman–Crippen LogP) is 2.83. The van der Waals surface area contributed by atoms with Crippen molar-refractivity contribution in [2.45, 2.75) is 52.7 Å². The van der Waals surface area contributed by atoms with Gasteiger partial charge in [0.25, 0.3) is 0 Å². The maximum absolute atomic E-state index is 12.0. The van der Waals surface area contributed by atoms with Crippen LogP contribution in [0.25, 0.3) is 0 Å². The Bertz CT molecular complexity index is 578. The highest BCUT2D eigenvalue weighted by atomic mass is 16.6. The zero-order valence-electron chi connectivity index (χ0n) is 15.5. The molecule has 0 aliphatic carbocycles. The first-order valence-electron chi connectivity index (χ1n) is 8.95. The largest absolute Gasteiger partial charge is 0.444 e. The Morgan fingerprint density at radius 1 is 1.29 bits per heavy atom. The van der Waals surface area contributed by atoms with E-state index in [0.717, 1.165) is 38.4 Å². The van der Waals surface area contributed by atoms with Crippen LogP contribution in [0, 0.1) is 11.8 Å². The standard InChI is InChI=1S/C18H30N4O2/c1-12(2)16-6-15(19-20-16)11-21-7-13(8-21)14-9-22(10-14)17(23)24-18(3,4)5/h6,12-14H,7-11H2,1-5H3,(H,19,20). The van der Waals surface area contributed by atoms with E-state index in [1.807, 2.05) is 25.7 Å². The molecule has 24 heavy (non-hydrogen) atoms. The Hall–Kier alpha value is -1.56. The molecule has 0 aromatic carbocycles. The fraction of sp³-hybridized carbons (Fsp3) is 0.778. The third kappa shape index (κ3) is 3.91. The maximum Gasteiger partial charge on any atom is 0.410 e. The molecule has 2 fully saturated rings. The van der Waals surface area contributed by atoms with Crippen LogP contribution in [0.1, 0.15) is 51.9 Å². The minimum Gasteiger partial charge on any atom is -0.444 e. The number of carbonyl (C=O) groups is 1. The predicted molar refractivity (Wildman–Crippen MR) is 92.7 cm³/mol. The van der Waals surface area contributed by atoms with Gasteiger partial charge in [0.2, 0.25) is 0 Å². The monoisotopic (exact) mass is 334 g/mol. The number of amides is 1. The summed E-state index contributed by atoms with van der Waals surface area (Å²) in [7, 11) is 0. The van der Waals surface area contributed by atoms with Crippen molar-refractivity contribution in [2.75, 3.05) is 26.2 Å². The first-order chi connectivity index (χ1) is 11.2. The number of aromatic amines is 1. The van der Waals surface area contributed by atoms with Gasteiger partial charge in [-0.1, -0.05) is 13.8 Å². The van der Waals surface area contributed by atoms with Gasteiger partial charge in [0.15, 0.2) is 0 Å². The van der Waals surface area contributed by atoms with E-state index in [1.165, 1.54) is 5.69 Å². The molecule has 2 aliphatic heterocycles. The van der Waals surface area contributed by atoms with E-state index < -0.39 is 5.60 Å². The number of nitrogens with zero attached hydrogens (tertiary/aromatic N) is 3. The van der Waals surface area contributed by atoms with E-state index in [1.54, 1.807) is 0 Å². The van der Waals surface area contributed by atoms with Crippen molar-refractivity contribution in [3.8, 4) is 0 Å². The van der Waals surface area contributed by atoms with E-state index in [-0.39, 0.29) is 6.09 Å². The van der Waals surface area contributed by atoms with Gasteiger partial charge in [-0.2, -0.15) is 5.10 Å². The first-order valence-corrected chi connectivity index (χ1v) is 8.95. The molecule has 1 amide bonds. The summed E-state index contributed by atoms with van der Waals surface area (Å²) < 4.78 is 5.41. The van der Waals surface area contributed by atoms with Crippen molar-refractivity contribution in [3.05, 3.63) is 17.5 Å². The Balaban J connectivity index is 1.37. The van der Waals surface area contributed by atoms with Crippen LogP contribution in [0.5, 0.6) is 0 Å². The van der Waals surface area contributed by atoms with Crippen molar-refractivity contribution in [2.24, 2.45) is 11.8 Å². The van der Waals surface area contributed by atoms with Crippen molar-refractivity contribution in [1.29, 1.82) is 0 Å². The van der Waals surface area contributed by atoms with E-state index in [2.05, 4.69) is 35.0 Å². The highest BCUT2D eigenvalue weighted by Crippen LogP contribution is 2.32. The van der Waals surface area contributed by atoms with Gasteiger partial charge in [-0.3, -0.25) is 10.00 Å². The van der Waals surface area contributed by atoms with Crippen LogP contribution in [-0.2, 0) is 11.3 Å². The molecule has 1 aromatic heterocycles. The SMILES string of the molecule is CC(C)c1cc(CN2CC(C3CN(C(=O)OC(C)(C)C)C3)C2)[nH]n1. The van der Waals surface area contributed by atoms with E-state index in [4.69, 9.17) is 4.74 Å². The lowest BCUT2D eigenvalue weighted by Gasteiger charge is -2.50. The van der Waals surface area contributed by atoms with Crippen molar-refractivity contribution in [1.82, 2.24) is 20.0 Å². The summed E-state index contributed by atoms with van der Waals surface area (Å²) in [6.07, 6.45) is -0.173. The number of H-pyrrole nitrogens is 1. The van der Waals surface area contributed by atoms with Crippen LogP contribution in [0.15, 0.2) is 6.07 Å². The summed E-state index contributed by atoms with van der Waals surface area (Å²) in [5, 5.41) is 7.50. The molecular formula is C18H30N4O2. The molecule has 0 unspecified atom stereocenters. The lowest BCUT2D eigenvalue weighted by Crippen LogP contribution is -2.60. The Labute approximate surface area is 144 Å². The number of hydrogen-bond acceptors (Lipinski definition) is 4. The van der Waals surface area contributed by atoms with E-state index >= 15 is 0 Å². The second-order valence-electron chi connectivity index (χ2n) is 8.57. The fourth-order valence-electron chi connectivity index (χ4n) is 3.32. The molecule has 1 aromatic rings. The number of rotatable bonds is 4. The number of carbonyl (C=O) groups excluding carboxylic acids is 1. The Morgan fingerprint density at radius 3 is 2.46 bits per heavy atom. The van der Waals surface area contributed by atoms with Crippen LogP contribution in [0.3, 0.4) is 0 Å². The summed E-state index contributed by atoms with van der Waals surface area (Å²) in [6.45, 7) is 14.9. The fourth-order valence-corrected chi connectivity index (χ4v) is 3.32. The molecule has 0 radical (unpaired) electrons. The molecule has 0 bridgehead atoms. The average Bonchev–Trinajstić information content (AvgIpc) is 2.80. The highest BCUT2D eigenvalue weighted by Gasteiger charge is 2.42. The Morgan fingerprint density at radius 2 is 1.92 bits per heavy atom. The van der Waals surface area contributed by atoms with Gasteiger partial charge in [-0.25, -0.2) is 4.79 Å². The Kier molecular flexibility index (Phi) is 4.60. The smallest absolute Gasteiger partial charge is 0.410 e. The molecule has 6 heteroatoms. The number of ether oxygens (including phenoxy) is 1. The second kappa shape index (κ2) is 6.39. The third-order valence-electron chi connectivity index (χ3n) is 4.85. The van der Waals surface area contributed by atoms with Crippen LogP contribution < -0.4 is 0 Å². The minimum absolute atomic E-state index is 0.173. The number of hydrogen-bond donors (Lipinski definition) is 1. The molecule has 0 saturated carbocycles. The number of nitrogens with one attached hydrogen (secondary N) is 1. The number of likely N-dealkylation sites (tertiary alicyclic amines) is 2. The van der Waals surface area contributed by atoms with Gasteiger partial charge in [0.1, 0.15) is 5.60 Å². The molecule has 0 spiro atoms. The summed E-state index contributed by atoms with van der Waals surface area (Å²) in [6, 6.07) is 2.17. The minimum atomic E-state index is -0.408. The van der Waals surface area contributed by atoms with Gasteiger partial charge in [-0.05, 0) is 44.6 Å². The topological polar surface area (TPSA) is 61.5 Å². The summed E-state index contributed by atoms with van der Waals surface area (Å²) in [4.78, 5) is 16.2. The van der Waals surface area contributed by atoms with E-state index in [0.29, 0.717) is 17.8 Å². The average molecular weight is 334 g/mol. The number of aromatic nitrogens is 2. The van der Waals surface area contributed by atoms with Gasteiger partial charge < -0.3 is 9.64 Å². The summed E-state index contributed by atoms with van der Waals surface area (Å²) >= 11 is 0. The molecule has 3 rings (SSSR count). The van der Waals surface area contributed by atoms with Gasteiger partial charge in [0.05, 0.1) is 5.69 Å². The second-order valence-corrected chi connectivity index (χ2v) is 8.57. The molecular weight excluding hydrogens is 304 g/mol. The third-order valence-corrected chi connectivity index (χ3v) is 4.85. The van der Waals surface area contributed by atoms with Crippen molar-refractivity contribution in [3.63, 3.8) is 0 Å². The molecule has 3 heterocycles. The molecule has 6 nitrogen and oxygen atoms in total. The molecule has 0 atom stereocenters. The molecule has 2 saturated heterocycles. The van der Waals surface area contributed by atoms with Crippen LogP contribution in [0.2, 0.25) is 0 Å². The van der Waals surface area contributed by atoms with Crippen molar-refractivity contribution < 1.29 is 9.53 Å². The van der Waals surface area contributed by atoms with Gasteiger partial charge in [0, 0.05) is 38.4 Å². The lowest BCUT2D eigenvalue weighted by atomic mass is 9.81. The van der Waals surface area contributed by atoms with Crippen molar-refractivity contribution >= 4 is 6.09 Å². The van der Waals surface area contributed by atoms with Crippen LogP contribution >= 0.6 is 0 Å². The van der Waals surface area contributed by atoms with Gasteiger partial charge >= 0.3 is 6.09 Å². The summed E-state index contributed by atoms with van der Waals surface area (Å²) in [5.41, 5.74) is 1.92. The maximum atomic E-state index is 12.0. The van der Waals surface area contributed by atoms with Gasteiger partial charge in [-0.15, -0.1) is 0 Å². The summed E-state index contributed by atoms with van der Waals surface area (Å²) in [5.74, 6) is 1.80. The molecule has 134 valence electrons. The zero-order valence-corrected chi connectivity index (χ0v) is 15.5. The van der Waals surface area contributed by atoms with Crippen LogP contribution in [-0.4, -0.2) is 57.9 Å². The lowest BCUT2D eigenvalue weighted by molar-refractivity contribution is -0.0413. The highest BCUT2D eigenvalue weighted by molar-refractivity contribution is 5.69. The van der Waals surface area contributed by atoms with E-state index in [9.17, 15) is 4.79 Å². The molecule has 2 aliphatic rings.